The number of nitrogens with one attached hydrogen (secondary N) is 2. The van der Waals surface area contributed by atoms with Gasteiger partial charge in [-0.15, -0.1) is 0 Å². The summed E-state index contributed by atoms with van der Waals surface area (Å²) >= 11 is 0. The standard InChI is InChI=1S/C20H29N5O2/c1-21-14-8-11-24(12-9-14)19(26)16-6-3-7-17-18(16)23(2)20(27)25(17)15-5-4-10-22-13-15/h3,6-7,14-15,21-22H,4-5,8-13H2,1-2H3. The zero-order valence-corrected chi connectivity index (χ0v) is 16.2. The van der Waals surface area contributed by atoms with Crippen molar-refractivity contribution in [2.75, 3.05) is 33.2 Å². The number of piperidine rings is 2. The lowest BCUT2D eigenvalue weighted by Crippen LogP contribution is -2.44. The molecule has 2 saturated heterocycles. The summed E-state index contributed by atoms with van der Waals surface area (Å²) in [4.78, 5) is 28.1. The predicted octanol–water partition coefficient (Wildman–Crippen LogP) is 1.09. The molecule has 2 N–H and O–H groups in total. The number of hydrogen-bond donors (Lipinski definition) is 2. The lowest BCUT2D eigenvalue weighted by Gasteiger charge is -2.32. The van der Waals surface area contributed by atoms with Gasteiger partial charge in [-0.25, -0.2) is 4.79 Å². The highest BCUT2D eigenvalue weighted by Crippen LogP contribution is 2.25. The van der Waals surface area contributed by atoms with Crippen LogP contribution in [0.15, 0.2) is 23.0 Å². The van der Waals surface area contributed by atoms with Crippen molar-refractivity contribution in [1.29, 1.82) is 0 Å². The van der Waals surface area contributed by atoms with Crippen molar-refractivity contribution in [3.8, 4) is 0 Å². The van der Waals surface area contributed by atoms with E-state index >= 15 is 0 Å². The summed E-state index contributed by atoms with van der Waals surface area (Å²) in [7, 11) is 3.75. The third-order valence-corrected chi connectivity index (χ3v) is 6.16. The maximum absolute atomic E-state index is 13.2. The van der Waals surface area contributed by atoms with Gasteiger partial charge in [0.2, 0.25) is 0 Å². The molecule has 1 atom stereocenters. The topological polar surface area (TPSA) is 71.3 Å². The van der Waals surface area contributed by atoms with Crippen molar-refractivity contribution in [3.05, 3.63) is 34.2 Å². The maximum Gasteiger partial charge on any atom is 0.329 e. The molecule has 2 aliphatic heterocycles. The minimum atomic E-state index is -0.0344. The van der Waals surface area contributed by atoms with E-state index in [9.17, 15) is 9.59 Å². The Kier molecular flexibility index (Phi) is 5.06. The lowest BCUT2D eigenvalue weighted by molar-refractivity contribution is 0.0709. The number of likely N-dealkylation sites (tertiary alicyclic amines) is 1. The number of para-hydroxylation sites is 1. The molecule has 2 fully saturated rings. The van der Waals surface area contributed by atoms with Gasteiger partial charge in [-0.1, -0.05) is 6.07 Å². The summed E-state index contributed by atoms with van der Waals surface area (Å²) in [5, 5.41) is 6.68. The van der Waals surface area contributed by atoms with Gasteiger partial charge in [0.25, 0.3) is 5.91 Å². The molecule has 1 aromatic heterocycles. The van der Waals surface area contributed by atoms with E-state index in [0.29, 0.717) is 11.6 Å². The Morgan fingerprint density at radius 2 is 2.00 bits per heavy atom. The van der Waals surface area contributed by atoms with Crippen molar-refractivity contribution in [2.24, 2.45) is 7.05 Å². The normalized spacial score (nSPS) is 21.7. The summed E-state index contributed by atoms with van der Waals surface area (Å²) in [6.07, 6.45) is 3.98. The number of hydrogen-bond acceptors (Lipinski definition) is 4. The Labute approximate surface area is 159 Å². The molecular weight excluding hydrogens is 342 g/mol. The van der Waals surface area contributed by atoms with Crippen LogP contribution in [0.5, 0.6) is 0 Å². The van der Waals surface area contributed by atoms with Crippen molar-refractivity contribution in [3.63, 3.8) is 0 Å². The number of benzene rings is 1. The number of nitrogens with zero attached hydrogens (tertiary/aromatic N) is 3. The summed E-state index contributed by atoms with van der Waals surface area (Å²) in [5.74, 6) is 0.0321. The Morgan fingerprint density at radius 3 is 2.67 bits per heavy atom. The first-order valence-electron chi connectivity index (χ1n) is 9.99. The van der Waals surface area contributed by atoms with Gasteiger partial charge in [0.15, 0.2) is 0 Å². The fourth-order valence-electron chi connectivity index (χ4n) is 4.56. The van der Waals surface area contributed by atoms with E-state index in [0.717, 1.165) is 62.9 Å². The fraction of sp³-hybridized carbons (Fsp3) is 0.600. The molecule has 0 aliphatic carbocycles. The van der Waals surface area contributed by atoms with E-state index in [1.807, 2.05) is 34.7 Å². The van der Waals surface area contributed by atoms with E-state index in [2.05, 4.69) is 10.6 Å². The number of imidazole rings is 1. The summed E-state index contributed by atoms with van der Waals surface area (Å²) < 4.78 is 3.53. The van der Waals surface area contributed by atoms with Gasteiger partial charge >= 0.3 is 5.69 Å². The third kappa shape index (κ3) is 3.19. The van der Waals surface area contributed by atoms with Gasteiger partial charge in [-0.2, -0.15) is 0 Å². The molecule has 4 rings (SSSR count). The second-order valence-electron chi connectivity index (χ2n) is 7.74. The molecule has 0 bridgehead atoms. The Balaban J connectivity index is 1.72. The van der Waals surface area contributed by atoms with Crippen LogP contribution in [0.4, 0.5) is 0 Å². The quantitative estimate of drug-likeness (QED) is 0.847. The molecule has 0 saturated carbocycles. The predicted molar refractivity (Wildman–Crippen MR) is 106 cm³/mol. The minimum absolute atomic E-state index is 0.0321. The lowest BCUT2D eigenvalue weighted by atomic mass is 10.0. The Bertz CT molecular complexity index is 886. The minimum Gasteiger partial charge on any atom is -0.338 e. The molecule has 2 aliphatic rings. The van der Waals surface area contributed by atoms with E-state index in [4.69, 9.17) is 0 Å². The number of rotatable bonds is 3. The van der Waals surface area contributed by atoms with Gasteiger partial charge < -0.3 is 15.5 Å². The molecule has 1 aromatic carbocycles. The number of carbonyl (C=O) groups excluding carboxylic acids is 1. The van der Waals surface area contributed by atoms with Crippen molar-refractivity contribution in [2.45, 2.75) is 37.8 Å². The number of aromatic nitrogens is 2. The SMILES string of the molecule is CNC1CCN(C(=O)c2cccc3c2n(C)c(=O)n3C2CCCNC2)CC1. The van der Waals surface area contributed by atoms with Crippen LogP contribution in [-0.4, -0.2) is 59.2 Å². The highest BCUT2D eigenvalue weighted by molar-refractivity contribution is 6.05. The van der Waals surface area contributed by atoms with Crippen LogP contribution >= 0.6 is 0 Å². The van der Waals surface area contributed by atoms with Crippen molar-refractivity contribution in [1.82, 2.24) is 24.7 Å². The smallest absolute Gasteiger partial charge is 0.329 e. The van der Waals surface area contributed by atoms with Gasteiger partial charge in [0, 0.05) is 32.7 Å². The zero-order chi connectivity index (χ0) is 19.0. The van der Waals surface area contributed by atoms with E-state index in [1.54, 1.807) is 11.6 Å². The van der Waals surface area contributed by atoms with Crippen LogP contribution in [0.1, 0.15) is 42.1 Å². The van der Waals surface area contributed by atoms with Crippen LogP contribution < -0.4 is 16.3 Å². The first-order valence-corrected chi connectivity index (χ1v) is 9.99. The van der Waals surface area contributed by atoms with Gasteiger partial charge in [-0.05, 0) is 51.4 Å². The third-order valence-electron chi connectivity index (χ3n) is 6.16. The highest BCUT2D eigenvalue weighted by atomic mass is 16.2. The highest BCUT2D eigenvalue weighted by Gasteiger charge is 2.27. The Morgan fingerprint density at radius 1 is 1.22 bits per heavy atom. The molecular formula is C20H29N5O2. The maximum atomic E-state index is 13.2. The molecule has 7 nitrogen and oxygen atoms in total. The molecule has 0 spiro atoms. The largest absolute Gasteiger partial charge is 0.338 e. The molecule has 1 amide bonds. The molecule has 27 heavy (non-hydrogen) atoms. The van der Waals surface area contributed by atoms with Crippen LogP contribution in [0, 0.1) is 0 Å². The molecule has 146 valence electrons. The number of aryl methyl sites for hydroxylation is 1. The second kappa shape index (κ2) is 7.48. The Hall–Kier alpha value is -2.12. The average Bonchev–Trinajstić information content (AvgIpc) is 2.98. The molecule has 1 unspecified atom stereocenters. The van der Waals surface area contributed by atoms with E-state index in [-0.39, 0.29) is 17.6 Å². The number of fused-ring (bicyclic) bond motifs is 1. The zero-order valence-electron chi connectivity index (χ0n) is 16.2. The van der Waals surface area contributed by atoms with Crippen LogP contribution in [-0.2, 0) is 7.05 Å². The fourth-order valence-corrected chi connectivity index (χ4v) is 4.56. The van der Waals surface area contributed by atoms with Crippen LogP contribution in [0.3, 0.4) is 0 Å². The van der Waals surface area contributed by atoms with E-state index < -0.39 is 0 Å². The number of carbonyl (C=O) groups is 1. The molecule has 2 aromatic rings. The summed E-state index contributed by atoms with van der Waals surface area (Å²) in [6, 6.07) is 6.36. The first kappa shape index (κ1) is 18.3. The average molecular weight is 371 g/mol. The van der Waals surface area contributed by atoms with Crippen LogP contribution in [0.25, 0.3) is 11.0 Å². The summed E-state index contributed by atoms with van der Waals surface area (Å²) in [5.41, 5.74) is 2.23. The molecule has 7 heteroatoms. The van der Waals surface area contributed by atoms with E-state index in [1.165, 1.54) is 0 Å². The van der Waals surface area contributed by atoms with Crippen molar-refractivity contribution < 1.29 is 4.79 Å². The van der Waals surface area contributed by atoms with Gasteiger partial charge in [-0.3, -0.25) is 13.9 Å². The molecule has 0 radical (unpaired) electrons. The first-order chi connectivity index (χ1) is 13.1. The molecule has 3 heterocycles. The number of amides is 1. The van der Waals surface area contributed by atoms with Gasteiger partial charge in [0.05, 0.1) is 22.6 Å². The van der Waals surface area contributed by atoms with Gasteiger partial charge in [0.1, 0.15) is 0 Å². The van der Waals surface area contributed by atoms with Crippen LogP contribution in [0.2, 0.25) is 0 Å². The summed E-state index contributed by atoms with van der Waals surface area (Å²) in [6.45, 7) is 3.31. The monoisotopic (exact) mass is 371 g/mol. The van der Waals surface area contributed by atoms with Crippen molar-refractivity contribution >= 4 is 16.9 Å². The second-order valence-corrected chi connectivity index (χ2v) is 7.74.